The number of nitrogens with one attached hydrogen (secondary N) is 1. The molecule has 0 bridgehead atoms. The lowest BCUT2D eigenvalue weighted by atomic mass is 10.0. The SMILES string of the molecule is CCCNC(c1cnc2ccccc2n1)C(C)C. The molecule has 0 saturated heterocycles. The maximum absolute atomic E-state index is 4.72. The van der Waals surface area contributed by atoms with E-state index in [-0.39, 0.29) is 6.04 Å². The Morgan fingerprint density at radius 1 is 1.17 bits per heavy atom. The molecule has 0 spiro atoms. The minimum atomic E-state index is 0.280. The van der Waals surface area contributed by atoms with Crippen molar-refractivity contribution >= 4 is 11.0 Å². The van der Waals surface area contributed by atoms with Gasteiger partial charge in [0.05, 0.1) is 29.0 Å². The van der Waals surface area contributed by atoms with Crippen LogP contribution in [-0.4, -0.2) is 16.5 Å². The zero-order valence-corrected chi connectivity index (χ0v) is 11.4. The van der Waals surface area contributed by atoms with Crippen LogP contribution in [0, 0.1) is 5.92 Å². The third-order valence-electron chi connectivity index (χ3n) is 3.07. The van der Waals surface area contributed by atoms with Gasteiger partial charge in [-0.25, -0.2) is 4.98 Å². The lowest BCUT2D eigenvalue weighted by molar-refractivity contribution is 0.404. The largest absolute Gasteiger partial charge is 0.308 e. The fourth-order valence-corrected chi connectivity index (χ4v) is 2.10. The van der Waals surface area contributed by atoms with Crippen LogP contribution < -0.4 is 5.32 Å². The molecule has 1 aromatic heterocycles. The second-order valence-corrected chi connectivity index (χ2v) is 4.96. The van der Waals surface area contributed by atoms with Gasteiger partial charge >= 0.3 is 0 Å². The van der Waals surface area contributed by atoms with Crippen molar-refractivity contribution in [1.29, 1.82) is 0 Å². The Morgan fingerprint density at radius 3 is 2.56 bits per heavy atom. The summed E-state index contributed by atoms with van der Waals surface area (Å²) in [5, 5.41) is 3.55. The van der Waals surface area contributed by atoms with Crippen LogP contribution in [0.5, 0.6) is 0 Å². The maximum atomic E-state index is 4.72. The summed E-state index contributed by atoms with van der Waals surface area (Å²) in [6.07, 6.45) is 3.03. The zero-order valence-electron chi connectivity index (χ0n) is 11.4. The lowest BCUT2D eigenvalue weighted by Gasteiger charge is -2.21. The second kappa shape index (κ2) is 5.91. The molecule has 0 saturated carbocycles. The third-order valence-corrected chi connectivity index (χ3v) is 3.07. The van der Waals surface area contributed by atoms with E-state index in [1.807, 2.05) is 30.5 Å². The molecule has 0 aliphatic heterocycles. The number of nitrogens with zero attached hydrogens (tertiary/aromatic N) is 2. The topological polar surface area (TPSA) is 37.8 Å². The van der Waals surface area contributed by atoms with Gasteiger partial charge in [-0.2, -0.15) is 0 Å². The summed E-state index contributed by atoms with van der Waals surface area (Å²) in [6.45, 7) is 7.61. The highest BCUT2D eigenvalue weighted by molar-refractivity contribution is 5.73. The molecule has 96 valence electrons. The number of benzene rings is 1. The van der Waals surface area contributed by atoms with E-state index in [2.05, 4.69) is 31.1 Å². The van der Waals surface area contributed by atoms with Gasteiger partial charge in [-0.15, -0.1) is 0 Å². The lowest BCUT2D eigenvalue weighted by Crippen LogP contribution is -2.27. The van der Waals surface area contributed by atoms with Crippen LogP contribution in [0.3, 0.4) is 0 Å². The number of hydrogen-bond acceptors (Lipinski definition) is 3. The molecule has 0 fully saturated rings. The number of para-hydroxylation sites is 2. The van der Waals surface area contributed by atoms with Crippen molar-refractivity contribution in [3.8, 4) is 0 Å². The molecule has 1 heterocycles. The zero-order chi connectivity index (χ0) is 13.0. The molecule has 2 aromatic rings. The Bertz CT molecular complexity index is 508. The molecule has 3 nitrogen and oxygen atoms in total. The van der Waals surface area contributed by atoms with E-state index in [0.29, 0.717) is 5.92 Å². The molecule has 1 unspecified atom stereocenters. The van der Waals surface area contributed by atoms with Crippen LogP contribution >= 0.6 is 0 Å². The Balaban J connectivity index is 2.32. The highest BCUT2D eigenvalue weighted by atomic mass is 15.0. The molecular formula is C15H21N3. The van der Waals surface area contributed by atoms with Crippen LogP contribution in [0.4, 0.5) is 0 Å². The molecule has 1 atom stereocenters. The van der Waals surface area contributed by atoms with Crippen molar-refractivity contribution in [2.75, 3.05) is 6.54 Å². The van der Waals surface area contributed by atoms with E-state index in [1.165, 1.54) is 0 Å². The molecule has 0 aliphatic rings. The summed E-state index contributed by atoms with van der Waals surface area (Å²) in [5.41, 5.74) is 2.97. The smallest absolute Gasteiger partial charge is 0.0890 e. The number of hydrogen-bond donors (Lipinski definition) is 1. The first-order chi connectivity index (χ1) is 8.72. The summed E-state index contributed by atoms with van der Waals surface area (Å²) in [4.78, 5) is 9.21. The van der Waals surface area contributed by atoms with Gasteiger partial charge in [0, 0.05) is 0 Å². The molecule has 2 rings (SSSR count). The molecule has 1 aromatic carbocycles. The monoisotopic (exact) mass is 243 g/mol. The molecule has 18 heavy (non-hydrogen) atoms. The van der Waals surface area contributed by atoms with Crippen LogP contribution in [-0.2, 0) is 0 Å². The van der Waals surface area contributed by atoms with Gasteiger partial charge in [-0.05, 0) is 31.0 Å². The molecule has 0 radical (unpaired) electrons. The Labute approximate surface area is 109 Å². The predicted molar refractivity (Wildman–Crippen MR) is 75.4 cm³/mol. The van der Waals surface area contributed by atoms with Crippen LogP contribution in [0.15, 0.2) is 30.5 Å². The highest BCUT2D eigenvalue weighted by Crippen LogP contribution is 2.21. The van der Waals surface area contributed by atoms with E-state index >= 15 is 0 Å². The summed E-state index contributed by atoms with van der Waals surface area (Å²) >= 11 is 0. The van der Waals surface area contributed by atoms with Crippen molar-refractivity contribution in [3.05, 3.63) is 36.2 Å². The van der Waals surface area contributed by atoms with E-state index in [9.17, 15) is 0 Å². The minimum absolute atomic E-state index is 0.280. The molecular weight excluding hydrogens is 222 g/mol. The number of fused-ring (bicyclic) bond motifs is 1. The second-order valence-electron chi connectivity index (χ2n) is 4.96. The highest BCUT2D eigenvalue weighted by Gasteiger charge is 2.16. The average molecular weight is 243 g/mol. The number of rotatable bonds is 5. The predicted octanol–water partition coefficient (Wildman–Crippen LogP) is 3.33. The number of aromatic nitrogens is 2. The normalized spacial score (nSPS) is 13.1. The van der Waals surface area contributed by atoms with Gasteiger partial charge in [0.25, 0.3) is 0 Å². The average Bonchev–Trinajstić information content (AvgIpc) is 2.38. The first-order valence-electron chi connectivity index (χ1n) is 6.67. The van der Waals surface area contributed by atoms with Crippen molar-refractivity contribution in [1.82, 2.24) is 15.3 Å². The van der Waals surface area contributed by atoms with Gasteiger partial charge in [0.15, 0.2) is 0 Å². The molecule has 1 N–H and O–H groups in total. The molecule has 0 aliphatic carbocycles. The Hall–Kier alpha value is -1.48. The molecule has 3 heteroatoms. The minimum Gasteiger partial charge on any atom is -0.308 e. The van der Waals surface area contributed by atoms with Crippen molar-refractivity contribution in [3.63, 3.8) is 0 Å². The summed E-state index contributed by atoms with van der Waals surface area (Å²) < 4.78 is 0. The van der Waals surface area contributed by atoms with Gasteiger partial charge in [0.2, 0.25) is 0 Å². The standard InChI is InChI=1S/C15H21N3/c1-4-9-16-15(11(2)3)14-10-17-12-7-5-6-8-13(12)18-14/h5-8,10-11,15-16H,4,9H2,1-3H3. The van der Waals surface area contributed by atoms with E-state index < -0.39 is 0 Å². The fourth-order valence-electron chi connectivity index (χ4n) is 2.10. The summed E-state index contributed by atoms with van der Waals surface area (Å²) in [7, 11) is 0. The van der Waals surface area contributed by atoms with Gasteiger partial charge in [0.1, 0.15) is 0 Å². The third kappa shape index (κ3) is 2.85. The summed E-state index contributed by atoms with van der Waals surface area (Å²) in [5.74, 6) is 0.506. The van der Waals surface area contributed by atoms with Gasteiger partial charge < -0.3 is 5.32 Å². The van der Waals surface area contributed by atoms with E-state index in [0.717, 1.165) is 29.7 Å². The first kappa shape index (κ1) is 13.0. The summed E-state index contributed by atoms with van der Waals surface area (Å²) in [6, 6.07) is 8.29. The van der Waals surface area contributed by atoms with E-state index in [1.54, 1.807) is 0 Å². The van der Waals surface area contributed by atoms with Crippen LogP contribution in [0.2, 0.25) is 0 Å². The molecule has 0 amide bonds. The fraction of sp³-hybridized carbons (Fsp3) is 0.467. The van der Waals surface area contributed by atoms with Crippen molar-refractivity contribution < 1.29 is 0 Å². The van der Waals surface area contributed by atoms with Crippen molar-refractivity contribution in [2.45, 2.75) is 33.2 Å². The Kier molecular flexibility index (Phi) is 4.26. The van der Waals surface area contributed by atoms with Crippen LogP contribution in [0.1, 0.15) is 38.9 Å². The quantitative estimate of drug-likeness (QED) is 0.875. The first-order valence-corrected chi connectivity index (χ1v) is 6.67. The Morgan fingerprint density at radius 2 is 1.89 bits per heavy atom. The maximum Gasteiger partial charge on any atom is 0.0890 e. The van der Waals surface area contributed by atoms with E-state index in [4.69, 9.17) is 4.98 Å². The van der Waals surface area contributed by atoms with Gasteiger partial charge in [-0.1, -0.05) is 32.9 Å². The van der Waals surface area contributed by atoms with Crippen LogP contribution in [0.25, 0.3) is 11.0 Å². The van der Waals surface area contributed by atoms with Crippen molar-refractivity contribution in [2.24, 2.45) is 5.92 Å². The van der Waals surface area contributed by atoms with Gasteiger partial charge in [-0.3, -0.25) is 4.98 Å².